The average molecular weight is 419 g/mol. The van der Waals surface area contributed by atoms with Crippen LogP contribution in [-0.4, -0.2) is 33.4 Å². The van der Waals surface area contributed by atoms with E-state index in [0.29, 0.717) is 5.56 Å². The topological polar surface area (TPSA) is 138 Å². The first-order valence-corrected chi connectivity index (χ1v) is 10.3. The van der Waals surface area contributed by atoms with E-state index in [4.69, 9.17) is 30.0 Å². The molecule has 0 aliphatic rings. The molecule has 160 valence electrons. The molecule has 0 saturated heterocycles. The van der Waals surface area contributed by atoms with Gasteiger partial charge in [0, 0.05) is 0 Å². The molecule has 0 saturated carbocycles. The molecule has 9 nitrogen and oxygen atoms in total. The maximum Gasteiger partial charge on any atom is 0.416 e. The Bertz CT molecular complexity index is 671. The molecule has 10 heteroatoms. The van der Waals surface area contributed by atoms with Gasteiger partial charge in [-0.25, -0.2) is 9.78 Å². The van der Waals surface area contributed by atoms with E-state index in [0.717, 1.165) is 0 Å². The Kier molecular flexibility index (Phi) is 8.34. The van der Waals surface area contributed by atoms with E-state index in [1.165, 1.54) is 12.1 Å². The molecular weight excluding hydrogens is 389 g/mol. The Hall–Kier alpha value is -1.32. The Morgan fingerprint density at radius 1 is 1.04 bits per heavy atom. The molecule has 0 aromatic heterocycles. The molecule has 2 atom stereocenters. The van der Waals surface area contributed by atoms with Crippen LogP contribution >= 0.6 is 7.60 Å². The molecule has 0 heterocycles. The van der Waals surface area contributed by atoms with Gasteiger partial charge in [0.25, 0.3) is 0 Å². The highest BCUT2D eigenvalue weighted by Crippen LogP contribution is 2.61. The van der Waals surface area contributed by atoms with Gasteiger partial charge in [-0.2, -0.15) is 0 Å². The van der Waals surface area contributed by atoms with E-state index in [9.17, 15) is 14.5 Å². The van der Waals surface area contributed by atoms with Crippen LogP contribution < -0.4 is 5.73 Å². The lowest BCUT2D eigenvalue weighted by molar-refractivity contribution is -0.329. The van der Waals surface area contributed by atoms with Gasteiger partial charge in [-0.3, -0.25) is 9.36 Å². The van der Waals surface area contributed by atoms with Gasteiger partial charge < -0.3 is 15.9 Å². The zero-order valence-electron chi connectivity index (χ0n) is 17.0. The third-order valence-electron chi connectivity index (χ3n) is 3.13. The minimum Gasteiger partial charge on any atom is -0.480 e. The average Bonchev–Trinajstić information content (AvgIpc) is 2.57. The lowest BCUT2D eigenvalue weighted by Crippen LogP contribution is -2.32. The molecule has 1 rings (SSSR count). The third kappa shape index (κ3) is 8.36. The summed E-state index contributed by atoms with van der Waals surface area (Å²) < 4.78 is 23.1. The summed E-state index contributed by atoms with van der Waals surface area (Å²) in [7, 11) is -4.29. The number of carboxylic acids is 1. The molecule has 0 radical (unpaired) electrons. The van der Waals surface area contributed by atoms with Gasteiger partial charge in [-0.15, -0.1) is 9.35 Å². The van der Waals surface area contributed by atoms with E-state index in [1.807, 2.05) is 0 Å². The largest absolute Gasteiger partial charge is 0.480 e. The van der Waals surface area contributed by atoms with Crippen molar-refractivity contribution < 1.29 is 38.7 Å². The zero-order valence-corrected chi connectivity index (χ0v) is 17.9. The second-order valence-electron chi connectivity index (χ2n) is 8.34. The van der Waals surface area contributed by atoms with Crippen LogP contribution in [0.15, 0.2) is 24.3 Å². The number of benzene rings is 1. The number of carbonyl (C=O) groups is 1. The van der Waals surface area contributed by atoms with Crippen molar-refractivity contribution in [1.82, 2.24) is 0 Å². The number of nitrogens with two attached hydrogens (primary N) is 1. The molecule has 0 fully saturated rings. The predicted octanol–water partition coefficient (Wildman–Crippen LogP) is 3.32. The second kappa shape index (κ2) is 9.45. The van der Waals surface area contributed by atoms with Gasteiger partial charge >= 0.3 is 13.6 Å². The molecule has 2 unspecified atom stereocenters. The van der Waals surface area contributed by atoms with Crippen molar-refractivity contribution in [3.63, 3.8) is 0 Å². The van der Waals surface area contributed by atoms with Crippen molar-refractivity contribution in [3.8, 4) is 0 Å². The normalized spacial score (nSPS) is 15.3. The number of aliphatic hydroxyl groups is 1. The van der Waals surface area contributed by atoms with Crippen molar-refractivity contribution >= 4 is 13.6 Å². The highest BCUT2D eigenvalue weighted by molar-refractivity contribution is 7.53. The van der Waals surface area contributed by atoms with Crippen LogP contribution in [0, 0.1) is 0 Å². The first kappa shape index (κ1) is 24.7. The molecular formula is C18H30NO8P. The summed E-state index contributed by atoms with van der Waals surface area (Å²) in [6.07, 6.45) is 0.108. The van der Waals surface area contributed by atoms with Gasteiger partial charge in [-0.05, 0) is 59.1 Å². The number of hydrogen-bond acceptors (Lipinski definition) is 8. The standard InChI is InChI=1S/C18H30NO8P/c1-17(2,3)24-26-28(23,27-25-18(4,5)6)16(22)13-9-7-12(8-10-13)11-14(19)15(20)21/h7-10,14,16,22H,11,19H2,1-6H3,(H,20,21). The van der Waals surface area contributed by atoms with Crippen LogP contribution in [0.25, 0.3) is 0 Å². The first-order chi connectivity index (χ1) is 12.6. The van der Waals surface area contributed by atoms with E-state index in [-0.39, 0.29) is 12.0 Å². The molecule has 28 heavy (non-hydrogen) atoms. The fourth-order valence-electron chi connectivity index (χ4n) is 1.77. The third-order valence-corrected chi connectivity index (χ3v) is 4.59. The van der Waals surface area contributed by atoms with E-state index in [2.05, 4.69) is 0 Å². The predicted molar refractivity (Wildman–Crippen MR) is 102 cm³/mol. The van der Waals surface area contributed by atoms with Gasteiger partial charge in [0.2, 0.25) is 0 Å². The van der Waals surface area contributed by atoms with Crippen LogP contribution in [0.1, 0.15) is 58.5 Å². The van der Waals surface area contributed by atoms with Crippen molar-refractivity contribution in [2.45, 2.75) is 71.1 Å². The summed E-state index contributed by atoms with van der Waals surface area (Å²) in [5.74, 6) is -2.81. The Balaban J connectivity index is 3.02. The van der Waals surface area contributed by atoms with Crippen LogP contribution in [0.2, 0.25) is 0 Å². The highest BCUT2D eigenvalue weighted by atomic mass is 31.2. The van der Waals surface area contributed by atoms with Gasteiger partial charge in [-0.1, -0.05) is 24.3 Å². The molecule has 0 bridgehead atoms. The smallest absolute Gasteiger partial charge is 0.416 e. The molecule has 0 aliphatic heterocycles. The number of aliphatic carboxylic acids is 1. The van der Waals surface area contributed by atoms with E-state index in [1.54, 1.807) is 53.7 Å². The quantitative estimate of drug-likeness (QED) is 0.312. The number of aliphatic hydroxyl groups excluding tert-OH is 1. The van der Waals surface area contributed by atoms with Crippen molar-refractivity contribution in [3.05, 3.63) is 35.4 Å². The van der Waals surface area contributed by atoms with Crippen molar-refractivity contribution in [2.24, 2.45) is 5.73 Å². The Morgan fingerprint density at radius 3 is 1.82 bits per heavy atom. The molecule has 1 aromatic carbocycles. The number of carboxylic acid groups (broad SMARTS) is 1. The molecule has 0 aliphatic carbocycles. The molecule has 0 spiro atoms. The van der Waals surface area contributed by atoms with Crippen LogP contribution in [-0.2, 0) is 34.9 Å². The molecule has 0 amide bonds. The van der Waals surface area contributed by atoms with Crippen molar-refractivity contribution in [1.29, 1.82) is 0 Å². The van der Waals surface area contributed by atoms with Crippen molar-refractivity contribution in [2.75, 3.05) is 0 Å². The van der Waals surface area contributed by atoms with Crippen LogP contribution in [0.3, 0.4) is 0 Å². The number of hydrogen-bond donors (Lipinski definition) is 3. The fourth-order valence-corrected chi connectivity index (χ4v) is 3.15. The van der Waals surface area contributed by atoms with Gasteiger partial charge in [0.1, 0.15) is 6.04 Å². The van der Waals surface area contributed by atoms with E-state index >= 15 is 0 Å². The second-order valence-corrected chi connectivity index (χ2v) is 10.2. The highest BCUT2D eigenvalue weighted by Gasteiger charge is 2.41. The molecule has 1 aromatic rings. The van der Waals surface area contributed by atoms with Crippen LogP contribution in [0.5, 0.6) is 0 Å². The Labute approximate surface area is 165 Å². The maximum atomic E-state index is 13.1. The minimum absolute atomic E-state index is 0.108. The van der Waals surface area contributed by atoms with E-state index < -0.39 is 36.7 Å². The van der Waals surface area contributed by atoms with Crippen LogP contribution in [0.4, 0.5) is 0 Å². The lowest BCUT2D eigenvalue weighted by Gasteiger charge is -2.27. The first-order valence-electron chi connectivity index (χ1n) is 8.73. The number of rotatable bonds is 9. The summed E-state index contributed by atoms with van der Waals surface area (Å²) in [6.45, 7) is 10.1. The van der Waals surface area contributed by atoms with Gasteiger partial charge in [0.15, 0.2) is 5.85 Å². The summed E-state index contributed by atoms with van der Waals surface area (Å²) in [5.41, 5.74) is 4.75. The molecule has 4 N–H and O–H groups in total. The lowest BCUT2D eigenvalue weighted by atomic mass is 10.1. The Morgan fingerprint density at radius 2 is 1.46 bits per heavy atom. The maximum absolute atomic E-state index is 13.1. The summed E-state index contributed by atoms with van der Waals surface area (Å²) in [6, 6.07) is 5.04. The van der Waals surface area contributed by atoms with Gasteiger partial charge in [0.05, 0.1) is 11.2 Å². The zero-order chi connectivity index (χ0) is 21.8. The summed E-state index contributed by atoms with van der Waals surface area (Å²) >= 11 is 0. The summed E-state index contributed by atoms with van der Waals surface area (Å²) in [5, 5.41) is 19.5. The minimum atomic E-state index is -4.29. The SMILES string of the molecule is CC(C)(C)OOP(=O)(OOC(C)(C)C)C(O)c1ccc(CC(N)C(=O)O)cc1. The monoisotopic (exact) mass is 419 g/mol. The summed E-state index contributed by atoms with van der Waals surface area (Å²) in [4.78, 5) is 21.0. The fraction of sp³-hybridized carbons (Fsp3) is 0.611.